The quantitative estimate of drug-likeness (QED) is 0.776. The molecule has 1 aromatic rings. The lowest BCUT2D eigenvalue weighted by Gasteiger charge is -2.16. The molecule has 6 nitrogen and oxygen atoms in total. The summed E-state index contributed by atoms with van der Waals surface area (Å²) in [7, 11) is 0. The first-order valence-corrected chi connectivity index (χ1v) is 7.76. The standard InChI is InChI=1S/C14H20N2O4S/c1-8-3-6-12(21-8)9(2)16-14(19)15-7-10-4-5-11(20-10)13(17)18/h3,6,9-11H,4-5,7H2,1-2H3,(H,17,18)(H2,15,16,19). The van der Waals surface area contributed by atoms with Gasteiger partial charge < -0.3 is 20.5 Å². The minimum absolute atomic E-state index is 0.0556. The highest BCUT2D eigenvalue weighted by atomic mass is 32.1. The van der Waals surface area contributed by atoms with Crippen molar-refractivity contribution < 1.29 is 19.4 Å². The van der Waals surface area contributed by atoms with Crippen molar-refractivity contribution in [2.24, 2.45) is 0 Å². The zero-order chi connectivity index (χ0) is 15.4. The van der Waals surface area contributed by atoms with Crippen LogP contribution in [-0.2, 0) is 9.53 Å². The van der Waals surface area contributed by atoms with Gasteiger partial charge in [-0.2, -0.15) is 0 Å². The maximum Gasteiger partial charge on any atom is 0.332 e. The summed E-state index contributed by atoms with van der Waals surface area (Å²) >= 11 is 1.65. The molecule has 1 aliphatic rings. The van der Waals surface area contributed by atoms with Gasteiger partial charge >= 0.3 is 12.0 Å². The summed E-state index contributed by atoms with van der Waals surface area (Å²) in [5.74, 6) is -0.941. The SMILES string of the molecule is Cc1ccc(C(C)NC(=O)NCC2CCC(C(=O)O)O2)s1. The molecule has 0 saturated carbocycles. The average Bonchev–Trinajstić information content (AvgIpc) is 3.05. The Bertz CT molecular complexity index is 517. The van der Waals surface area contributed by atoms with Crippen molar-refractivity contribution in [2.75, 3.05) is 6.54 Å². The first kappa shape index (κ1) is 15.8. The van der Waals surface area contributed by atoms with Gasteiger partial charge in [-0.1, -0.05) is 0 Å². The maximum absolute atomic E-state index is 11.8. The molecule has 2 amide bonds. The summed E-state index contributed by atoms with van der Waals surface area (Å²) in [5.41, 5.74) is 0. The Labute approximate surface area is 127 Å². The number of rotatable bonds is 5. The summed E-state index contributed by atoms with van der Waals surface area (Å²) < 4.78 is 5.33. The minimum Gasteiger partial charge on any atom is -0.479 e. The number of hydrogen-bond donors (Lipinski definition) is 3. The first-order valence-electron chi connectivity index (χ1n) is 6.94. The summed E-state index contributed by atoms with van der Waals surface area (Å²) in [4.78, 5) is 24.9. The van der Waals surface area contributed by atoms with Gasteiger partial charge in [0.25, 0.3) is 0 Å². The van der Waals surface area contributed by atoms with Crippen LogP contribution in [0.3, 0.4) is 0 Å². The molecule has 0 bridgehead atoms. The molecule has 0 aromatic carbocycles. The monoisotopic (exact) mass is 312 g/mol. The first-order chi connectivity index (χ1) is 9.95. The van der Waals surface area contributed by atoms with E-state index in [1.165, 1.54) is 4.88 Å². The summed E-state index contributed by atoms with van der Waals surface area (Å²) in [6.07, 6.45) is 0.175. The van der Waals surface area contributed by atoms with E-state index in [9.17, 15) is 9.59 Å². The third kappa shape index (κ3) is 4.44. The second kappa shape index (κ2) is 6.91. The normalized spacial score (nSPS) is 22.8. The number of carboxylic acid groups (broad SMARTS) is 1. The van der Waals surface area contributed by atoms with Crippen molar-refractivity contribution in [1.29, 1.82) is 0 Å². The molecular weight excluding hydrogens is 292 g/mol. The number of hydrogen-bond acceptors (Lipinski definition) is 4. The number of thiophene rings is 1. The molecule has 0 aliphatic carbocycles. The highest BCUT2D eigenvalue weighted by molar-refractivity contribution is 7.12. The zero-order valence-corrected chi connectivity index (χ0v) is 12.9. The van der Waals surface area contributed by atoms with E-state index in [2.05, 4.69) is 10.6 Å². The highest BCUT2D eigenvalue weighted by Gasteiger charge is 2.30. The summed E-state index contributed by atoms with van der Waals surface area (Å²) in [6.45, 7) is 4.28. The molecule has 1 aliphatic heterocycles. The van der Waals surface area contributed by atoms with Gasteiger partial charge in [0, 0.05) is 16.3 Å². The maximum atomic E-state index is 11.8. The Morgan fingerprint density at radius 3 is 2.81 bits per heavy atom. The molecule has 1 aromatic heterocycles. The molecule has 0 spiro atoms. The molecule has 7 heteroatoms. The number of carbonyl (C=O) groups excluding carboxylic acids is 1. The average molecular weight is 312 g/mol. The predicted molar refractivity (Wildman–Crippen MR) is 79.5 cm³/mol. The van der Waals surface area contributed by atoms with Gasteiger partial charge in [-0.25, -0.2) is 9.59 Å². The smallest absolute Gasteiger partial charge is 0.332 e. The van der Waals surface area contributed by atoms with Crippen LogP contribution in [0.25, 0.3) is 0 Å². The molecule has 3 N–H and O–H groups in total. The van der Waals surface area contributed by atoms with Gasteiger partial charge in [0.05, 0.1) is 12.1 Å². The number of aliphatic carboxylic acids is 1. The lowest BCUT2D eigenvalue weighted by molar-refractivity contribution is -0.149. The Hall–Kier alpha value is -1.60. The molecule has 3 atom stereocenters. The van der Waals surface area contributed by atoms with Gasteiger partial charge in [0.15, 0.2) is 6.10 Å². The van der Waals surface area contributed by atoms with Crippen LogP contribution in [0.2, 0.25) is 0 Å². The largest absolute Gasteiger partial charge is 0.479 e. The predicted octanol–water partition coefficient (Wildman–Crippen LogP) is 2.05. The van der Waals surface area contributed by atoms with Crippen LogP contribution < -0.4 is 10.6 Å². The number of ether oxygens (including phenoxy) is 1. The van der Waals surface area contributed by atoms with E-state index in [0.717, 1.165) is 4.88 Å². The number of amides is 2. The van der Waals surface area contributed by atoms with Crippen LogP contribution in [0.4, 0.5) is 4.79 Å². The third-order valence-corrected chi connectivity index (χ3v) is 4.59. The van der Waals surface area contributed by atoms with Gasteiger partial charge in [0.2, 0.25) is 0 Å². The fourth-order valence-electron chi connectivity index (χ4n) is 2.25. The van der Waals surface area contributed by atoms with E-state index in [1.54, 1.807) is 11.3 Å². The Kier molecular flexibility index (Phi) is 5.19. The van der Waals surface area contributed by atoms with E-state index in [4.69, 9.17) is 9.84 Å². The Morgan fingerprint density at radius 1 is 1.48 bits per heavy atom. The minimum atomic E-state index is -0.941. The van der Waals surface area contributed by atoms with E-state index >= 15 is 0 Å². The lowest BCUT2D eigenvalue weighted by Crippen LogP contribution is -2.40. The van der Waals surface area contributed by atoms with Gasteiger partial charge in [-0.05, 0) is 38.8 Å². The number of aryl methyl sites for hydroxylation is 1. The summed E-state index contributed by atoms with van der Waals surface area (Å²) in [6, 6.07) is 3.70. The zero-order valence-electron chi connectivity index (χ0n) is 12.1. The van der Waals surface area contributed by atoms with Crippen molar-refractivity contribution in [3.63, 3.8) is 0 Å². The topological polar surface area (TPSA) is 87.7 Å². The number of carboxylic acids is 1. The molecule has 21 heavy (non-hydrogen) atoms. The second-order valence-corrected chi connectivity index (χ2v) is 6.51. The van der Waals surface area contributed by atoms with E-state index < -0.39 is 12.1 Å². The fourth-order valence-corrected chi connectivity index (χ4v) is 3.13. The molecule has 0 radical (unpaired) electrons. The lowest BCUT2D eigenvalue weighted by atomic mass is 10.2. The van der Waals surface area contributed by atoms with Crippen molar-refractivity contribution in [2.45, 2.75) is 44.9 Å². The van der Waals surface area contributed by atoms with E-state index in [0.29, 0.717) is 19.4 Å². The molecule has 1 saturated heterocycles. The van der Waals surface area contributed by atoms with Crippen molar-refractivity contribution in [3.05, 3.63) is 21.9 Å². The van der Waals surface area contributed by atoms with Crippen LogP contribution in [0, 0.1) is 6.92 Å². The highest BCUT2D eigenvalue weighted by Crippen LogP contribution is 2.22. The molecule has 1 fully saturated rings. The molecule has 116 valence electrons. The Morgan fingerprint density at radius 2 is 2.24 bits per heavy atom. The van der Waals surface area contributed by atoms with Gasteiger partial charge in [-0.3, -0.25) is 0 Å². The van der Waals surface area contributed by atoms with Crippen LogP contribution in [0.5, 0.6) is 0 Å². The molecule has 3 unspecified atom stereocenters. The van der Waals surface area contributed by atoms with Crippen LogP contribution in [0.1, 0.15) is 35.6 Å². The Balaban J connectivity index is 1.72. The fraction of sp³-hybridized carbons (Fsp3) is 0.571. The molecule has 2 rings (SSSR count). The van der Waals surface area contributed by atoms with Crippen molar-refractivity contribution in [1.82, 2.24) is 10.6 Å². The third-order valence-electron chi connectivity index (χ3n) is 3.41. The molecule has 2 heterocycles. The van der Waals surface area contributed by atoms with Gasteiger partial charge in [-0.15, -0.1) is 11.3 Å². The summed E-state index contributed by atoms with van der Waals surface area (Å²) in [5, 5.41) is 14.4. The number of urea groups is 1. The second-order valence-electron chi connectivity index (χ2n) is 5.19. The van der Waals surface area contributed by atoms with Crippen LogP contribution in [-0.4, -0.2) is 35.9 Å². The van der Waals surface area contributed by atoms with E-state index in [-0.39, 0.29) is 18.2 Å². The van der Waals surface area contributed by atoms with E-state index in [1.807, 2.05) is 26.0 Å². The van der Waals surface area contributed by atoms with Crippen LogP contribution >= 0.6 is 11.3 Å². The van der Waals surface area contributed by atoms with Crippen molar-refractivity contribution in [3.8, 4) is 0 Å². The number of nitrogens with one attached hydrogen (secondary N) is 2. The van der Waals surface area contributed by atoms with Gasteiger partial charge in [0.1, 0.15) is 0 Å². The van der Waals surface area contributed by atoms with Crippen LogP contribution in [0.15, 0.2) is 12.1 Å². The number of carbonyl (C=O) groups is 2. The van der Waals surface area contributed by atoms with Crippen molar-refractivity contribution >= 4 is 23.3 Å². The molecular formula is C14H20N2O4S.